The summed E-state index contributed by atoms with van der Waals surface area (Å²) in [5.74, 6) is 0.312. The van der Waals surface area contributed by atoms with E-state index in [0.29, 0.717) is 12.5 Å². The molecule has 2 heterocycles. The van der Waals surface area contributed by atoms with E-state index < -0.39 is 0 Å². The highest BCUT2D eigenvalue weighted by molar-refractivity contribution is 5.74. The van der Waals surface area contributed by atoms with E-state index in [4.69, 9.17) is 0 Å². The van der Waals surface area contributed by atoms with Crippen molar-refractivity contribution in [2.24, 2.45) is 0 Å². The summed E-state index contributed by atoms with van der Waals surface area (Å²) < 4.78 is 0. The zero-order chi connectivity index (χ0) is 16.8. The van der Waals surface area contributed by atoms with Crippen molar-refractivity contribution in [3.05, 3.63) is 60.4 Å². The largest absolute Gasteiger partial charge is 0.367 e. The maximum absolute atomic E-state index is 12.4. The molecule has 0 bridgehead atoms. The van der Waals surface area contributed by atoms with Crippen molar-refractivity contribution in [2.45, 2.75) is 12.8 Å². The monoisotopic (exact) mass is 324 g/mol. The van der Waals surface area contributed by atoms with E-state index >= 15 is 0 Å². The third-order valence-corrected chi connectivity index (χ3v) is 4.51. The number of nitrogens with zero attached hydrogens (tertiary/aromatic N) is 3. The van der Waals surface area contributed by atoms with Gasteiger partial charge in [-0.2, -0.15) is 0 Å². The van der Waals surface area contributed by atoms with E-state index in [0.717, 1.165) is 31.9 Å². The van der Waals surface area contributed by atoms with E-state index in [2.05, 4.69) is 40.3 Å². The molecule has 1 aliphatic heterocycles. The van der Waals surface area contributed by atoms with Crippen LogP contribution >= 0.6 is 0 Å². The highest BCUT2D eigenvalue weighted by Gasteiger charge is 2.21. The molecule has 0 saturated carbocycles. The lowest BCUT2D eigenvalue weighted by Crippen LogP contribution is -2.52. The number of carbonyl (C=O) groups is 1. The van der Waals surface area contributed by atoms with Crippen LogP contribution in [-0.2, 0) is 0 Å². The highest BCUT2D eigenvalue weighted by Crippen LogP contribution is 2.15. The number of carbonyl (C=O) groups excluding carboxylic acids is 1. The molecule has 0 radical (unpaired) electrons. The number of piperazine rings is 1. The number of benzene rings is 1. The third kappa shape index (κ3) is 4.04. The number of anilines is 1. The molecule has 5 nitrogen and oxygen atoms in total. The summed E-state index contributed by atoms with van der Waals surface area (Å²) in [7, 11) is 0. The Bertz CT molecular complexity index is 639. The lowest BCUT2D eigenvalue weighted by atomic mass is 10.0. The molecule has 1 aromatic carbocycles. The molecular formula is C19H24N4O. The van der Waals surface area contributed by atoms with E-state index in [1.54, 1.807) is 6.20 Å². The first kappa shape index (κ1) is 16.3. The predicted molar refractivity (Wildman–Crippen MR) is 96.3 cm³/mol. The fourth-order valence-electron chi connectivity index (χ4n) is 2.96. The van der Waals surface area contributed by atoms with Crippen LogP contribution in [0.4, 0.5) is 10.5 Å². The Hall–Kier alpha value is -2.56. The van der Waals surface area contributed by atoms with E-state index in [1.807, 2.05) is 35.4 Å². The van der Waals surface area contributed by atoms with Crippen LogP contribution in [-0.4, -0.2) is 48.6 Å². The van der Waals surface area contributed by atoms with Gasteiger partial charge in [0.05, 0.1) is 11.9 Å². The zero-order valence-corrected chi connectivity index (χ0v) is 14.1. The molecule has 0 spiro atoms. The second kappa shape index (κ2) is 7.81. The molecule has 24 heavy (non-hydrogen) atoms. The van der Waals surface area contributed by atoms with E-state index in [1.165, 1.54) is 5.56 Å². The summed E-state index contributed by atoms with van der Waals surface area (Å²) in [6.07, 6.45) is 3.65. The van der Waals surface area contributed by atoms with Crippen molar-refractivity contribution in [2.75, 3.05) is 37.6 Å². The molecule has 1 atom stereocenters. The molecule has 1 unspecified atom stereocenters. The predicted octanol–water partition coefficient (Wildman–Crippen LogP) is 2.72. The Kier molecular flexibility index (Phi) is 5.31. The second-order valence-electron chi connectivity index (χ2n) is 6.18. The maximum Gasteiger partial charge on any atom is 0.317 e. The molecule has 1 saturated heterocycles. The van der Waals surface area contributed by atoms with Gasteiger partial charge in [0.25, 0.3) is 0 Å². The van der Waals surface area contributed by atoms with Crippen LogP contribution in [0.25, 0.3) is 0 Å². The Labute approximate surface area is 143 Å². The van der Waals surface area contributed by atoms with Crippen LogP contribution in [0.1, 0.15) is 18.4 Å². The number of pyridine rings is 1. The fourth-order valence-corrected chi connectivity index (χ4v) is 2.96. The first-order chi connectivity index (χ1) is 11.7. The molecule has 2 aromatic rings. The minimum Gasteiger partial charge on any atom is -0.367 e. The number of rotatable bonds is 4. The van der Waals surface area contributed by atoms with Crippen molar-refractivity contribution in [3.63, 3.8) is 0 Å². The molecule has 5 heteroatoms. The van der Waals surface area contributed by atoms with E-state index in [-0.39, 0.29) is 6.03 Å². The summed E-state index contributed by atoms with van der Waals surface area (Å²) >= 11 is 0. The average Bonchev–Trinajstić information content (AvgIpc) is 2.67. The van der Waals surface area contributed by atoms with Gasteiger partial charge in [0.1, 0.15) is 0 Å². The van der Waals surface area contributed by atoms with Crippen LogP contribution in [0.15, 0.2) is 54.9 Å². The minimum absolute atomic E-state index is 0.0311. The van der Waals surface area contributed by atoms with Crippen molar-refractivity contribution < 1.29 is 4.79 Å². The van der Waals surface area contributed by atoms with Gasteiger partial charge in [-0.1, -0.05) is 37.3 Å². The van der Waals surface area contributed by atoms with Crippen LogP contribution in [0.5, 0.6) is 0 Å². The number of aromatic nitrogens is 1. The van der Waals surface area contributed by atoms with Crippen molar-refractivity contribution in [1.29, 1.82) is 0 Å². The zero-order valence-electron chi connectivity index (χ0n) is 14.1. The summed E-state index contributed by atoms with van der Waals surface area (Å²) in [5, 5.41) is 3.06. The third-order valence-electron chi connectivity index (χ3n) is 4.51. The number of nitrogens with one attached hydrogen (secondary N) is 1. The number of urea groups is 1. The quantitative estimate of drug-likeness (QED) is 0.941. The lowest BCUT2D eigenvalue weighted by Gasteiger charge is -2.36. The van der Waals surface area contributed by atoms with Gasteiger partial charge in [0, 0.05) is 38.9 Å². The second-order valence-corrected chi connectivity index (χ2v) is 6.18. The minimum atomic E-state index is 0.0311. The molecule has 1 aliphatic rings. The lowest BCUT2D eigenvalue weighted by molar-refractivity contribution is 0.194. The average molecular weight is 324 g/mol. The Morgan fingerprint density at radius 3 is 2.54 bits per heavy atom. The molecular weight excluding hydrogens is 300 g/mol. The van der Waals surface area contributed by atoms with Crippen molar-refractivity contribution in [3.8, 4) is 0 Å². The molecule has 126 valence electrons. The van der Waals surface area contributed by atoms with Crippen LogP contribution < -0.4 is 10.2 Å². The van der Waals surface area contributed by atoms with Crippen LogP contribution in [0, 0.1) is 0 Å². The van der Waals surface area contributed by atoms with Gasteiger partial charge in [-0.05, 0) is 23.6 Å². The van der Waals surface area contributed by atoms with E-state index in [9.17, 15) is 4.79 Å². The fraction of sp³-hybridized carbons (Fsp3) is 0.368. The first-order valence-electron chi connectivity index (χ1n) is 8.47. The smallest absolute Gasteiger partial charge is 0.317 e. The molecule has 1 aromatic heterocycles. The Morgan fingerprint density at radius 1 is 1.12 bits per heavy atom. The number of amides is 2. The summed E-state index contributed by atoms with van der Waals surface area (Å²) in [5.41, 5.74) is 2.37. The van der Waals surface area contributed by atoms with Crippen molar-refractivity contribution >= 4 is 11.7 Å². The first-order valence-corrected chi connectivity index (χ1v) is 8.47. The van der Waals surface area contributed by atoms with Gasteiger partial charge < -0.3 is 15.1 Å². The van der Waals surface area contributed by atoms with Crippen LogP contribution in [0.3, 0.4) is 0 Å². The molecule has 0 aliphatic carbocycles. The molecule has 3 rings (SSSR count). The molecule has 2 amide bonds. The van der Waals surface area contributed by atoms with Gasteiger partial charge in [-0.15, -0.1) is 0 Å². The number of hydrogen-bond acceptors (Lipinski definition) is 3. The van der Waals surface area contributed by atoms with Gasteiger partial charge in [-0.25, -0.2) is 4.79 Å². The SMILES string of the molecule is CC(CNC(=O)N1CCN(c2cccnc2)CC1)c1ccccc1. The maximum atomic E-state index is 12.4. The van der Waals surface area contributed by atoms with Gasteiger partial charge in [0.15, 0.2) is 0 Å². The summed E-state index contributed by atoms with van der Waals surface area (Å²) in [6.45, 7) is 5.95. The topological polar surface area (TPSA) is 48.5 Å². The molecule has 1 fully saturated rings. The normalized spacial score (nSPS) is 15.9. The summed E-state index contributed by atoms with van der Waals surface area (Å²) in [6, 6.07) is 14.3. The number of hydrogen-bond donors (Lipinski definition) is 1. The van der Waals surface area contributed by atoms with Gasteiger partial charge >= 0.3 is 6.03 Å². The van der Waals surface area contributed by atoms with Crippen molar-refractivity contribution in [1.82, 2.24) is 15.2 Å². The summed E-state index contributed by atoms with van der Waals surface area (Å²) in [4.78, 5) is 20.7. The van der Waals surface area contributed by atoms with Gasteiger partial charge in [0.2, 0.25) is 0 Å². The highest BCUT2D eigenvalue weighted by atomic mass is 16.2. The van der Waals surface area contributed by atoms with Gasteiger partial charge in [-0.3, -0.25) is 4.98 Å². The Balaban J connectivity index is 1.45. The molecule has 1 N–H and O–H groups in total. The standard InChI is InChI=1S/C19H24N4O/c1-16(17-6-3-2-4-7-17)14-21-19(24)23-12-10-22(11-13-23)18-8-5-9-20-15-18/h2-9,15-16H,10-14H2,1H3,(H,21,24). The Morgan fingerprint density at radius 2 is 1.88 bits per heavy atom. The van der Waals surface area contributed by atoms with Crippen LogP contribution in [0.2, 0.25) is 0 Å².